The van der Waals surface area contributed by atoms with Crippen LogP contribution in [0.25, 0.3) is 0 Å². The zero-order valence-corrected chi connectivity index (χ0v) is 7.97. The lowest BCUT2D eigenvalue weighted by Crippen LogP contribution is -2.14. The van der Waals surface area contributed by atoms with Crippen molar-refractivity contribution in [3.63, 3.8) is 0 Å². The monoisotopic (exact) mass is 197 g/mol. The predicted octanol–water partition coefficient (Wildman–Crippen LogP) is 1.41. The van der Waals surface area contributed by atoms with E-state index in [4.69, 9.17) is 9.47 Å². The lowest BCUT2D eigenvalue weighted by molar-refractivity contribution is -0.0166. The van der Waals surface area contributed by atoms with Gasteiger partial charge in [-0.25, -0.2) is 4.39 Å². The Morgan fingerprint density at radius 3 is 3.14 bits per heavy atom. The van der Waals surface area contributed by atoms with E-state index in [1.54, 1.807) is 13.1 Å². The van der Waals surface area contributed by atoms with Crippen LogP contribution in [0.1, 0.15) is 11.1 Å². The van der Waals surface area contributed by atoms with E-state index in [0.717, 1.165) is 11.3 Å². The number of ether oxygens (including phenoxy) is 2. The molecule has 0 aromatic heterocycles. The van der Waals surface area contributed by atoms with E-state index in [-0.39, 0.29) is 12.6 Å². The van der Waals surface area contributed by atoms with Crippen molar-refractivity contribution in [3.8, 4) is 5.75 Å². The summed E-state index contributed by atoms with van der Waals surface area (Å²) in [6.45, 7) is 1.17. The Morgan fingerprint density at radius 1 is 1.50 bits per heavy atom. The van der Waals surface area contributed by atoms with Crippen LogP contribution in [0, 0.1) is 5.82 Å². The van der Waals surface area contributed by atoms with Gasteiger partial charge in [0.15, 0.2) is 6.79 Å². The Kier molecular flexibility index (Phi) is 2.65. The van der Waals surface area contributed by atoms with Gasteiger partial charge in [-0.2, -0.15) is 0 Å². The van der Waals surface area contributed by atoms with Gasteiger partial charge in [0.1, 0.15) is 11.6 Å². The summed E-state index contributed by atoms with van der Waals surface area (Å²) in [6, 6.07) is 3.20. The minimum Gasteiger partial charge on any atom is -0.467 e. The molecular weight excluding hydrogens is 185 g/mol. The summed E-state index contributed by atoms with van der Waals surface area (Å²) in [6.07, 6.45) is 0. The second-order valence-corrected chi connectivity index (χ2v) is 3.19. The van der Waals surface area contributed by atoms with E-state index in [0.29, 0.717) is 18.7 Å². The first-order chi connectivity index (χ1) is 6.81. The molecule has 1 aliphatic heterocycles. The molecule has 2 rings (SSSR count). The van der Waals surface area contributed by atoms with Crippen LogP contribution in [-0.4, -0.2) is 13.8 Å². The summed E-state index contributed by atoms with van der Waals surface area (Å²) in [5.74, 6) is 0.509. The van der Waals surface area contributed by atoms with Crippen LogP contribution in [0.3, 0.4) is 0 Å². The minimum absolute atomic E-state index is 0.216. The second-order valence-electron chi connectivity index (χ2n) is 3.19. The maximum atomic E-state index is 13.4. The fourth-order valence-electron chi connectivity index (χ4n) is 1.47. The molecule has 1 aliphatic rings. The van der Waals surface area contributed by atoms with Crippen molar-refractivity contribution in [2.24, 2.45) is 0 Å². The number of fused-ring (bicyclic) bond motifs is 1. The Bertz CT molecular complexity index is 341. The number of hydrogen-bond donors (Lipinski definition) is 1. The summed E-state index contributed by atoms with van der Waals surface area (Å²) in [5.41, 5.74) is 1.39. The highest BCUT2D eigenvalue weighted by atomic mass is 19.1. The van der Waals surface area contributed by atoms with E-state index >= 15 is 0 Å². The Morgan fingerprint density at radius 2 is 2.36 bits per heavy atom. The molecule has 1 aromatic rings. The number of rotatable bonds is 2. The fourth-order valence-corrected chi connectivity index (χ4v) is 1.47. The molecule has 0 saturated carbocycles. The van der Waals surface area contributed by atoms with Gasteiger partial charge in [-0.3, -0.25) is 0 Å². The highest BCUT2D eigenvalue weighted by Crippen LogP contribution is 2.26. The number of halogens is 1. The molecule has 0 spiro atoms. The first-order valence-electron chi connectivity index (χ1n) is 4.47. The standard InChI is InChI=1S/C10H12FNO2/c1-12-4-7-3-10-8(2-9(7)11)5-13-6-14-10/h2-3,12H,4-6H2,1H3. The molecule has 0 aliphatic carbocycles. The zero-order chi connectivity index (χ0) is 9.97. The van der Waals surface area contributed by atoms with Crippen LogP contribution in [0.5, 0.6) is 5.75 Å². The van der Waals surface area contributed by atoms with Crippen molar-refractivity contribution in [2.75, 3.05) is 13.8 Å². The van der Waals surface area contributed by atoms with E-state index in [1.165, 1.54) is 6.07 Å². The van der Waals surface area contributed by atoms with Gasteiger partial charge in [0, 0.05) is 17.7 Å². The van der Waals surface area contributed by atoms with Crippen molar-refractivity contribution < 1.29 is 13.9 Å². The Labute approximate surface area is 81.8 Å². The topological polar surface area (TPSA) is 30.5 Å². The van der Waals surface area contributed by atoms with Gasteiger partial charge in [-0.1, -0.05) is 0 Å². The van der Waals surface area contributed by atoms with Gasteiger partial charge in [0.2, 0.25) is 0 Å². The molecule has 0 bridgehead atoms. The predicted molar refractivity (Wildman–Crippen MR) is 49.4 cm³/mol. The van der Waals surface area contributed by atoms with Crippen molar-refractivity contribution in [1.82, 2.24) is 5.32 Å². The smallest absolute Gasteiger partial charge is 0.189 e. The molecule has 0 atom stereocenters. The fraction of sp³-hybridized carbons (Fsp3) is 0.400. The molecule has 0 unspecified atom stereocenters. The van der Waals surface area contributed by atoms with Crippen molar-refractivity contribution in [1.29, 1.82) is 0 Å². The maximum absolute atomic E-state index is 13.4. The minimum atomic E-state index is -0.216. The summed E-state index contributed by atoms with van der Waals surface area (Å²) in [4.78, 5) is 0. The zero-order valence-electron chi connectivity index (χ0n) is 7.97. The molecule has 0 saturated heterocycles. The first kappa shape index (κ1) is 9.43. The summed E-state index contributed by atoms with van der Waals surface area (Å²) in [7, 11) is 1.78. The van der Waals surface area contributed by atoms with Gasteiger partial charge in [-0.05, 0) is 19.2 Å². The Hall–Kier alpha value is -1.13. The molecule has 4 heteroatoms. The van der Waals surface area contributed by atoms with Gasteiger partial charge in [0.05, 0.1) is 6.61 Å². The third-order valence-electron chi connectivity index (χ3n) is 2.15. The maximum Gasteiger partial charge on any atom is 0.189 e. The highest BCUT2D eigenvalue weighted by Gasteiger charge is 2.14. The van der Waals surface area contributed by atoms with Crippen molar-refractivity contribution in [2.45, 2.75) is 13.2 Å². The summed E-state index contributed by atoms with van der Waals surface area (Å²) < 4.78 is 23.7. The normalized spacial score (nSPS) is 14.7. The van der Waals surface area contributed by atoms with E-state index in [1.807, 2.05) is 0 Å². The van der Waals surface area contributed by atoms with Gasteiger partial charge in [0.25, 0.3) is 0 Å². The largest absolute Gasteiger partial charge is 0.467 e. The third kappa shape index (κ3) is 1.71. The second kappa shape index (κ2) is 3.94. The van der Waals surface area contributed by atoms with Gasteiger partial charge < -0.3 is 14.8 Å². The molecular formula is C10H12FNO2. The van der Waals surface area contributed by atoms with Crippen LogP contribution < -0.4 is 10.1 Å². The summed E-state index contributed by atoms with van der Waals surface area (Å²) in [5, 5.41) is 2.90. The van der Waals surface area contributed by atoms with Crippen LogP contribution in [0.2, 0.25) is 0 Å². The van der Waals surface area contributed by atoms with Crippen LogP contribution >= 0.6 is 0 Å². The quantitative estimate of drug-likeness (QED) is 0.777. The molecule has 0 fully saturated rings. The SMILES string of the molecule is CNCc1cc2c(cc1F)COCO2. The molecule has 1 aromatic carbocycles. The van der Waals surface area contributed by atoms with Gasteiger partial charge >= 0.3 is 0 Å². The summed E-state index contributed by atoms with van der Waals surface area (Å²) >= 11 is 0. The molecule has 1 heterocycles. The number of benzene rings is 1. The van der Waals surface area contributed by atoms with E-state index in [9.17, 15) is 4.39 Å². The average Bonchev–Trinajstić information content (AvgIpc) is 2.19. The first-order valence-corrected chi connectivity index (χ1v) is 4.47. The van der Waals surface area contributed by atoms with Gasteiger partial charge in [-0.15, -0.1) is 0 Å². The molecule has 0 amide bonds. The average molecular weight is 197 g/mol. The van der Waals surface area contributed by atoms with Crippen molar-refractivity contribution >= 4 is 0 Å². The molecule has 76 valence electrons. The van der Waals surface area contributed by atoms with Crippen LogP contribution in [0.4, 0.5) is 4.39 Å². The molecule has 14 heavy (non-hydrogen) atoms. The van der Waals surface area contributed by atoms with E-state index in [2.05, 4.69) is 5.32 Å². The number of nitrogens with one attached hydrogen (secondary N) is 1. The molecule has 0 radical (unpaired) electrons. The highest BCUT2D eigenvalue weighted by molar-refractivity contribution is 5.38. The van der Waals surface area contributed by atoms with E-state index < -0.39 is 0 Å². The lowest BCUT2D eigenvalue weighted by Gasteiger charge is -2.18. The Balaban J connectivity index is 2.35. The number of hydrogen-bond acceptors (Lipinski definition) is 3. The third-order valence-corrected chi connectivity index (χ3v) is 2.15. The van der Waals surface area contributed by atoms with Crippen LogP contribution in [-0.2, 0) is 17.9 Å². The molecule has 1 N–H and O–H groups in total. The van der Waals surface area contributed by atoms with Crippen molar-refractivity contribution in [3.05, 3.63) is 29.1 Å². The molecule has 3 nitrogen and oxygen atoms in total. The van der Waals surface area contributed by atoms with Crippen LogP contribution in [0.15, 0.2) is 12.1 Å². The lowest BCUT2D eigenvalue weighted by atomic mass is 10.1.